The van der Waals surface area contributed by atoms with Gasteiger partial charge in [-0.3, -0.25) is 29.3 Å². The van der Waals surface area contributed by atoms with Gasteiger partial charge in [-0.2, -0.15) is 0 Å². The molecule has 3 amide bonds. The molecule has 3 N–H and O–H groups in total. The molecule has 6 heterocycles. The predicted molar refractivity (Wildman–Crippen MR) is 402 cm³/mol. The third kappa shape index (κ3) is 17.9. The molecule has 9 fully saturated rings. The van der Waals surface area contributed by atoms with E-state index in [1.807, 2.05) is 93.6 Å². The molecule has 21 heteroatoms. The van der Waals surface area contributed by atoms with Crippen LogP contribution in [0.4, 0.5) is 27.6 Å². The van der Waals surface area contributed by atoms with E-state index in [1.165, 1.54) is 36.4 Å². The number of benzene rings is 3. The topological polar surface area (TPSA) is 233 Å². The molecule has 3 aromatic carbocycles. The van der Waals surface area contributed by atoms with E-state index >= 15 is 0 Å². The van der Waals surface area contributed by atoms with Gasteiger partial charge >= 0.3 is 36.2 Å². The molecule has 108 heavy (non-hydrogen) atoms. The Balaban J connectivity index is 0.000000143. The van der Waals surface area contributed by atoms with Gasteiger partial charge in [-0.05, 0) is 261 Å². The van der Waals surface area contributed by atoms with E-state index in [-0.39, 0.29) is 143 Å². The number of hydrogen-bond acceptors (Lipinski definition) is 15. The monoisotopic (exact) mass is 1480 g/mol. The van der Waals surface area contributed by atoms with Gasteiger partial charge in [0.2, 0.25) is 0 Å². The minimum atomic E-state index is -0.368. The Morgan fingerprint density at radius 2 is 0.694 bits per heavy atom. The molecule has 0 bridgehead atoms. The van der Waals surface area contributed by atoms with Crippen molar-refractivity contribution in [2.75, 3.05) is 19.8 Å². The van der Waals surface area contributed by atoms with Crippen molar-refractivity contribution in [3.8, 4) is 33.4 Å². The van der Waals surface area contributed by atoms with Crippen LogP contribution < -0.4 is 16.0 Å². The Kier molecular flexibility index (Phi) is 24.6. The molecule has 6 saturated carbocycles. The molecule has 6 aliphatic carbocycles. The number of esters is 3. The first kappa shape index (κ1) is 76.5. The molecule has 0 radical (unpaired) electrons. The highest BCUT2D eigenvalue weighted by atomic mass is 19.1. The molecule has 0 unspecified atom stereocenters. The summed E-state index contributed by atoms with van der Waals surface area (Å²) in [7, 11) is 0. The number of allylic oxidation sites excluding steroid dienone is 3. The second-order valence-corrected chi connectivity index (χ2v) is 30.8. The summed E-state index contributed by atoms with van der Waals surface area (Å²) in [6.45, 7) is 12.5. The Labute approximate surface area is 630 Å². The Hall–Kier alpha value is -9.66. The highest BCUT2D eigenvalue weighted by Crippen LogP contribution is 2.57. The first-order valence-corrected chi connectivity index (χ1v) is 38.9. The van der Waals surface area contributed by atoms with E-state index in [2.05, 4.69) is 49.1 Å². The zero-order valence-electron chi connectivity index (χ0n) is 62.2. The minimum absolute atomic E-state index is 0.0679. The molecular formula is C87H99F3N6O12. The maximum absolute atomic E-state index is 13.6. The molecule has 21 atom stereocenters. The van der Waals surface area contributed by atoms with E-state index in [0.717, 1.165) is 128 Å². The fourth-order valence-electron chi connectivity index (χ4n) is 19.9. The van der Waals surface area contributed by atoms with Gasteiger partial charge in [0, 0.05) is 71.2 Å². The second-order valence-electron chi connectivity index (χ2n) is 30.8. The molecule has 0 spiro atoms. The Morgan fingerprint density at radius 3 is 0.944 bits per heavy atom. The van der Waals surface area contributed by atoms with Crippen LogP contribution in [-0.4, -0.2) is 107 Å². The summed E-state index contributed by atoms with van der Waals surface area (Å²) in [6, 6.07) is 31.3. The van der Waals surface area contributed by atoms with Crippen molar-refractivity contribution < 1.29 is 70.4 Å². The highest BCUT2D eigenvalue weighted by Gasteiger charge is 2.58. The first-order chi connectivity index (χ1) is 52.3. The maximum Gasteiger partial charge on any atom is 0.407 e. The van der Waals surface area contributed by atoms with Gasteiger partial charge in [-0.15, -0.1) is 0 Å². The minimum Gasteiger partial charge on any atom is -0.462 e. The SMILES string of the molecule is CCOC(=O)N[C@H]1CC[C@@H]2[C@@H](C1)C[C@@H]1C(=O)O[C@H](C)[C@@H]1[C@@H]2/C=C/c1ccc(-c2cccc(F)c2)cn1.CCOC(=O)N[C@H]1CC[C@@H]2[C@@H](C1)C[C@H]1C(=O)O[C@@H](C)[C@@H]1[C@@H]2/C=C/c1ccc(-c2cccc(F)c2)cn1.CCOC(=O)N[C@H]1CC[C@H]2[C@@H](C1)C[C@@H]1C(=O)O[C@H](C)[C@H]1[C@H]2/C=C/c1ccc(-c2cccc(F)c2)cn1. The van der Waals surface area contributed by atoms with Crippen molar-refractivity contribution in [2.45, 2.75) is 155 Å². The van der Waals surface area contributed by atoms with Gasteiger partial charge in [-0.1, -0.05) is 72.8 Å². The summed E-state index contributed by atoms with van der Waals surface area (Å²) in [6.07, 6.45) is 27.2. The molecule has 3 aliphatic heterocycles. The standard InChI is InChI=1S/3C29H33FN2O4/c3*1-3-35-29(34)32-23-10-11-24-20(14-23)15-26-27(17(2)36-28(26)33)25(24)12-9-22-8-7-19(16-31-22)18-5-4-6-21(30)13-18/h3*4-9,12-13,16-17,20,23-27H,3,10-11,14-15H2,1-2H3,(H,32,34)/b3*12-9+/t17-,20+,23+,24+,25+,26+,27+;17-,20+,23+,24-,25-,26+,27-;17-,20-,23-,24+,25+,26+,27+/m110/s1. The van der Waals surface area contributed by atoms with Crippen LogP contribution in [0.5, 0.6) is 0 Å². The second kappa shape index (κ2) is 34.7. The van der Waals surface area contributed by atoms with E-state index in [1.54, 1.807) is 57.6 Å². The number of amides is 3. The van der Waals surface area contributed by atoms with Crippen molar-refractivity contribution in [2.24, 2.45) is 88.8 Å². The van der Waals surface area contributed by atoms with Gasteiger partial charge in [0.15, 0.2) is 0 Å². The number of alkyl carbamates (subject to hydrolysis) is 3. The summed E-state index contributed by atoms with van der Waals surface area (Å²) in [4.78, 5) is 87.7. The Bertz CT molecular complexity index is 3830. The van der Waals surface area contributed by atoms with Crippen LogP contribution in [0, 0.1) is 106 Å². The van der Waals surface area contributed by atoms with Crippen LogP contribution in [0.15, 0.2) is 146 Å². The van der Waals surface area contributed by atoms with Gasteiger partial charge in [0.25, 0.3) is 0 Å². The van der Waals surface area contributed by atoms with Gasteiger partial charge < -0.3 is 44.4 Å². The van der Waals surface area contributed by atoms with E-state index < -0.39 is 0 Å². The van der Waals surface area contributed by atoms with Gasteiger partial charge in [0.1, 0.15) is 35.8 Å². The summed E-state index contributed by atoms with van der Waals surface area (Å²) in [5.74, 6) is 1.89. The number of carbonyl (C=O) groups is 6. The number of ether oxygens (including phenoxy) is 6. The maximum atomic E-state index is 13.6. The highest BCUT2D eigenvalue weighted by molar-refractivity contribution is 5.78. The van der Waals surface area contributed by atoms with Crippen molar-refractivity contribution in [1.82, 2.24) is 30.9 Å². The molecule has 3 aromatic heterocycles. The number of pyridine rings is 3. The average Bonchev–Trinajstić information content (AvgIpc) is 1.54. The van der Waals surface area contributed by atoms with Crippen LogP contribution in [-0.2, 0) is 42.8 Å². The number of nitrogens with one attached hydrogen (secondary N) is 3. The lowest BCUT2D eigenvalue weighted by Gasteiger charge is -2.47. The lowest BCUT2D eigenvalue weighted by Crippen LogP contribution is -2.48. The molecule has 6 aromatic rings. The third-order valence-electron chi connectivity index (χ3n) is 24.5. The molecule has 9 aliphatic rings. The number of nitrogens with zero attached hydrogens (tertiary/aromatic N) is 3. The summed E-state index contributed by atoms with van der Waals surface area (Å²) < 4.78 is 73.0. The molecule has 18 nitrogen and oxygen atoms in total. The normalized spacial score (nSPS) is 31.4. The average molecular weight is 1480 g/mol. The zero-order valence-corrected chi connectivity index (χ0v) is 62.2. The number of hydrogen-bond donors (Lipinski definition) is 3. The fourth-order valence-corrected chi connectivity index (χ4v) is 19.9. The number of aromatic nitrogens is 3. The van der Waals surface area contributed by atoms with E-state index in [0.29, 0.717) is 55.3 Å². The Morgan fingerprint density at radius 1 is 0.407 bits per heavy atom. The van der Waals surface area contributed by atoms with Crippen LogP contribution >= 0.6 is 0 Å². The molecule has 3 saturated heterocycles. The summed E-state index contributed by atoms with van der Waals surface area (Å²) in [5, 5.41) is 9.00. The van der Waals surface area contributed by atoms with Crippen LogP contribution in [0.1, 0.15) is 136 Å². The van der Waals surface area contributed by atoms with Crippen molar-refractivity contribution in [1.29, 1.82) is 0 Å². The van der Waals surface area contributed by atoms with Gasteiger partial charge in [0.05, 0.1) is 54.7 Å². The number of rotatable bonds is 15. The lowest BCUT2D eigenvalue weighted by atomic mass is 9.57. The number of fused-ring (bicyclic) bond motifs is 6. The first-order valence-electron chi connectivity index (χ1n) is 38.9. The van der Waals surface area contributed by atoms with Crippen molar-refractivity contribution in [3.05, 3.63) is 181 Å². The van der Waals surface area contributed by atoms with E-state index in [4.69, 9.17) is 28.4 Å². The summed E-state index contributed by atoms with van der Waals surface area (Å²) >= 11 is 0. The van der Waals surface area contributed by atoms with Crippen LogP contribution in [0.3, 0.4) is 0 Å². The zero-order chi connectivity index (χ0) is 75.7. The molecular weight excluding hydrogens is 1380 g/mol. The van der Waals surface area contributed by atoms with Crippen LogP contribution in [0.25, 0.3) is 51.6 Å². The number of cyclic esters (lactones) is 3. The molecule has 15 rings (SSSR count). The lowest BCUT2D eigenvalue weighted by molar-refractivity contribution is -0.145. The van der Waals surface area contributed by atoms with Crippen molar-refractivity contribution in [3.63, 3.8) is 0 Å². The van der Waals surface area contributed by atoms with Crippen LogP contribution in [0.2, 0.25) is 0 Å². The smallest absolute Gasteiger partial charge is 0.407 e. The number of halogens is 3. The van der Waals surface area contributed by atoms with E-state index in [9.17, 15) is 41.9 Å². The van der Waals surface area contributed by atoms with Gasteiger partial charge in [-0.25, -0.2) is 27.6 Å². The largest absolute Gasteiger partial charge is 0.462 e. The predicted octanol–water partition coefficient (Wildman–Crippen LogP) is 16.9. The number of carbonyl (C=O) groups excluding carboxylic acids is 6. The third-order valence-corrected chi connectivity index (χ3v) is 24.5. The fraction of sp³-hybridized carbons (Fsp3) is 0.483. The van der Waals surface area contributed by atoms with Crippen molar-refractivity contribution >= 4 is 54.4 Å². The summed E-state index contributed by atoms with van der Waals surface area (Å²) in [5.41, 5.74) is 7.43. The molecule has 570 valence electrons. The quantitative estimate of drug-likeness (QED) is 0.0641.